The molecule has 0 amide bonds. The number of ketones is 1. The molecular weight excluding hydrogens is 569 g/mol. The number of benzene rings is 1. The Balaban J connectivity index is 2.24. The van der Waals surface area contributed by atoms with E-state index >= 15 is 0 Å². The lowest BCUT2D eigenvalue weighted by atomic mass is 9.64. The molecule has 2 unspecified atom stereocenters. The predicted molar refractivity (Wildman–Crippen MR) is 97.0 cm³/mol. The summed E-state index contributed by atoms with van der Waals surface area (Å²) in [6.07, 6.45) is 1.41. The summed E-state index contributed by atoms with van der Waals surface area (Å²) in [4.78, 5) is 11.7. The number of ether oxygens (including phenoxy) is 1. The standard InChI is InChI=1S/C13H13I3O2/c1-3-13(2)10(17)6-11(13)18-12-8(15)4-7(14)5-9(12)16/h4-5,11H,3,6H2,1-2H3. The summed E-state index contributed by atoms with van der Waals surface area (Å²) in [7, 11) is 0. The fourth-order valence-electron chi connectivity index (χ4n) is 2.06. The second kappa shape index (κ2) is 5.71. The van der Waals surface area contributed by atoms with Crippen LogP contribution in [0.3, 0.4) is 0 Å². The number of rotatable bonds is 3. The SMILES string of the molecule is CCC1(C)C(=O)CC1Oc1c(I)cc(I)cc1I. The van der Waals surface area contributed by atoms with Gasteiger partial charge in [0.25, 0.3) is 0 Å². The van der Waals surface area contributed by atoms with Gasteiger partial charge in [-0.25, -0.2) is 0 Å². The van der Waals surface area contributed by atoms with E-state index in [0.717, 1.165) is 19.3 Å². The van der Waals surface area contributed by atoms with E-state index in [1.54, 1.807) is 0 Å². The smallest absolute Gasteiger partial charge is 0.146 e. The Morgan fingerprint density at radius 3 is 2.33 bits per heavy atom. The largest absolute Gasteiger partial charge is 0.487 e. The monoisotopic (exact) mass is 582 g/mol. The van der Waals surface area contributed by atoms with Gasteiger partial charge < -0.3 is 4.74 Å². The average molecular weight is 582 g/mol. The molecule has 0 spiro atoms. The van der Waals surface area contributed by atoms with Crippen LogP contribution in [0.5, 0.6) is 5.75 Å². The number of Topliss-reactive ketones (excluding diaryl/α,β-unsaturated/α-hetero) is 1. The number of carbonyl (C=O) groups excluding carboxylic acids is 1. The molecule has 0 heterocycles. The average Bonchev–Trinajstić information content (AvgIpc) is 2.30. The van der Waals surface area contributed by atoms with Gasteiger partial charge in [0.2, 0.25) is 0 Å². The van der Waals surface area contributed by atoms with E-state index in [0.29, 0.717) is 12.2 Å². The molecule has 2 nitrogen and oxygen atoms in total. The van der Waals surface area contributed by atoms with E-state index in [1.807, 2.05) is 6.92 Å². The zero-order valence-electron chi connectivity index (χ0n) is 10.1. The van der Waals surface area contributed by atoms with Crippen molar-refractivity contribution in [2.24, 2.45) is 5.41 Å². The summed E-state index contributed by atoms with van der Waals surface area (Å²) >= 11 is 6.89. The first-order valence-corrected chi connectivity index (χ1v) is 8.96. The first-order chi connectivity index (χ1) is 8.38. The molecule has 98 valence electrons. The summed E-state index contributed by atoms with van der Waals surface area (Å²) in [5.41, 5.74) is -0.296. The van der Waals surface area contributed by atoms with E-state index in [9.17, 15) is 4.79 Å². The number of halogens is 3. The molecule has 2 atom stereocenters. The number of hydrogen-bond acceptors (Lipinski definition) is 2. The van der Waals surface area contributed by atoms with Crippen molar-refractivity contribution >= 4 is 73.6 Å². The van der Waals surface area contributed by atoms with Gasteiger partial charge >= 0.3 is 0 Å². The Hall–Kier alpha value is 0.880. The first kappa shape index (κ1) is 15.3. The lowest BCUT2D eigenvalue weighted by Gasteiger charge is -2.44. The van der Waals surface area contributed by atoms with Crippen LogP contribution in [0.15, 0.2) is 12.1 Å². The highest BCUT2D eigenvalue weighted by atomic mass is 127. The fraction of sp³-hybridized carbons (Fsp3) is 0.462. The third kappa shape index (κ3) is 2.68. The van der Waals surface area contributed by atoms with Gasteiger partial charge in [-0.15, -0.1) is 0 Å². The molecule has 2 rings (SSSR count). The summed E-state index contributed by atoms with van der Waals surface area (Å²) in [5.74, 6) is 1.25. The van der Waals surface area contributed by atoms with Crippen LogP contribution in [0.1, 0.15) is 26.7 Å². The number of carbonyl (C=O) groups is 1. The van der Waals surface area contributed by atoms with E-state index in [1.165, 1.54) is 3.57 Å². The van der Waals surface area contributed by atoms with Gasteiger partial charge in [-0.1, -0.05) is 6.92 Å². The molecule has 1 aromatic carbocycles. The summed E-state index contributed by atoms with van der Waals surface area (Å²) < 4.78 is 9.54. The molecule has 0 saturated heterocycles. The van der Waals surface area contributed by atoms with Gasteiger partial charge in [-0.3, -0.25) is 4.79 Å². The van der Waals surface area contributed by atoms with Gasteiger partial charge in [0.05, 0.1) is 12.6 Å². The van der Waals surface area contributed by atoms with Crippen LogP contribution in [0.4, 0.5) is 0 Å². The van der Waals surface area contributed by atoms with Crippen molar-refractivity contribution in [3.8, 4) is 5.75 Å². The second-order valence-corrected chi connectivity index (χ2v) is 8.27. The predicted octanol–water partition coefficient (Wildman–Crippen LogP) is 4.64. The molecule has 1 fully saturated rings. The topological polar surface area (TPSA) is 26.3 Å². The van der Waals surface area contributed by atoms with Crippen LogP contribution in [0.2, 0.25) is 0 Å². The maximum atomic E-state index is 11.7. The molecule has 0 N–H and O–H groups in total. The molecule has 1 aromatic rings. The van der Waals surface area contributed by atoms with E-state index in [2.05, 4.69) is 86.8 Å². The Bertz CT molecular complexity index is 478. The van der Waals surface area contributed by atoms with Crippen molar-refractivity contribution < 1.29 is 9.53 Å². The molecule has 1 aliphatic carbocycles. The summed E-state index contributed by atoms with van der Waals surface area (Å²) in [6, 6.07) is 4.20. The number of hydrogen-bond donors (Lipinski definition) is 0. The first-order valence-electron chi connectivity index (χ1n) is 5.73. The van der Waals surface area contributed by atoms with Crippen molar-refractivity contribution in [2.75, 3.05) is 0 Å². The van der Waals surface area contributed by atoms with Crippen LogP contribution in [-0.2, 0) is 4.79 Å². The van der Waals surface area contributed by atoms with Crippen molar-refractivity contribution in [1.82, 2.24) is 0 Å². The molecule has 0 aromatic heterocycles. The van der Waals surface area contributed by atoms with Crippen molar-refractivity contribution in [3.63, 3.8) is 0 Å². The van der Waals surface area contributed by atoms with E-state index in [-0.39, 0.29) is 11.5 Å². The van der Waals surface area contributed by atoms with Crippen LogP contribution < -0.4 is 4.74 Å². The minimum atomic E-state index is -0.296. The normalized spacial score (nSPS) is 26.9. The molecule has 5 heteroatoms. The van der Waals surface area contributed by atoms with Gasteiger partial charge in [-0.2, -0.15) is 0 Å². The van der Waals surface area contributed by atoms with Gasteiger partial charge in [0.1, 0.15) is 17.6 Å². The van der Waals surface area contributed by atoms with Crippen molar-refractivity contribution in [2.45, 2.75) is 32.8 Å². The van der Waals surface area contributed by atoms with Crippen LogP contribution in [0, 0.1) is 16.1 Å². The Labute approximate surface area is 148 Å². The van der Waals surface area contributed by atoms with E-state index < -0.39 is 0 Å². The molecule has 0 bridgehead atoms. The zero-order valence-corrected chi connectivity index (χ0v) is 16.6. The second-order valence-electron chi connectivity index (χ2n) is 4.70. The fourth-order valence-corrected chi connectivity index (χ4v) is 5.89. The van der Waals surface area contributed by atoms with Crippen LogP contribution in [0.25, 0.3) is 0 Å². The Morgan fingerprint density at radius 2 is 1.89 bits per heavy atom. The zero-order chi connectivity index (χ0) is 13.5. The molecular formula is C13H13I3O2. The Kier molecular flexibility index (Phi) is 4.84. The van der Waals surface area contributed by atoms with E-state index in [4.69, 9.17) is 4.74 Å². The molecule has 18 heavy (non-hydrogen) atoms. The summed E-state index contributed by atoms with van der Waals surface area (Å²) in [5, 5.41) is 0. The minimum Gasteiger partial charge on any atom is -0.487 e. The molecule has 1 saturated carbocycles. The molecule has 0 radical (unpaired) electrons. The lowest BCUT2D eigenvalue weighted by molar-refractivity contribution is -0.150. The lowest BCUT2D eigenvalue weighted by Crippen LogP contribution is -2.54. The minimum absolute atomic E-state index is 0.0251. The maximum Gasteiger partial charge on any atom is 0.146 e. The third-order valence-corrected chi connectivity index (χ3v) is 5.90. The van der Waals surface area contributed by atoms with Crippen molar-refractivity contribution in [1.29, 1.82) is 0 Å². The Morgan fingerprint density at radius 1 is 1.33 bits per heavy atom. The molecule has 0 aliphatic heterocycles. The quantitative estimate of drug-likeness (QED) is 0.487. The summed E-state index contributed by atoms with van der Waals surface area (Å²) in [6.45, 7) is 4.06. The highest BCUT2D eigenvalue weighted by Crippen LogP contribution is 2.44. The van der Waals surface area contributed by atoms with Crippen molar-refractivity contribution in [3.05, 3.63) is 22.8 Å². The maximum absolute atomic E-state index is 11.7. The van der Waals surface area contributed by atoms with Crippen LogP contribution in [-0.4, -0.2) is 11.9 Å². The highest BCUT2D eigenvalue weighted by molar-refractivity contribution is 14.1. The van der Waals surface area contributed by atoms with Gasteiger partial charge in [0.15, 0.2) is 0 Å². The van der Waals surface area contributed by atoms with Crippen LogP contribution >= 0.6 is 67.8 Å². The highest BCUT2D eigenvalue weighted by Gasteiger charge is 2.51. The molecule has 1 aliphatic rings. The van der Waals surface area contributed by atoms with Gasteiger partial charge in [-0.05, 0) is 93.2 Å². The third-order valence-electron chi connectivity index (χ3n) is 3.68. The van der Waals surface area contributed by atoms with Gasteiger partial charge in [0, 0.05) is 9.99 Å².